The molecule has 1 saturated heterocycles. The number of pyridine rings is 2. The van der Waals surface area contributed by atoms with E-state index in [1.807, 2.05) is 6.92 Å². The Hall–Kier alpha value is -4.06. The van der Waals surface area contributed by atoms with Gasteiger partial charge in [0.25, 0.3) is 5.91 Å². The van der Waals surface area contributed by atoms with Crippen LogP contribution in [0, 0.1) is 11.8 Å². The molecule has 0 aliphatic carbocycles. The molecule has 210 valence electrons. The Morgan fingerprint density at radius 2 is 1.85 bits per heavy atom. The van der Waals surface area contributed by atoms with Crippen LogP contribution >= 0.6 is 0 Å². The lowest BCUT2D eigenvalue weighted by atomic mass is 9.92. The maximum Gasteiger partial charge on any atom is 0.348 e. The van der Waals surface area contributed by atoms with E-state index in [9.17, 15) is 29.4 Å². The summed E-state index contributed by atoms with van der Waals surface area (Å²) in [5, 5.41) is 26.4. The van der Waals surface area contributed by atoms with Gasteiger partial charge in [0.05, 0.1) is 18.1 Å². The molecule has 12 heteroatoms. The van der Waals surface area contributed by atoms with E-state index in [2.05, 4.69) is 20.6 Å². The number of rotatable bonds is 6. The minimum Gasteiger partial charge on any atom is -0.505 e. The normalized spacial score (nSPS) is 27.2. The summed E-state index contributed by atoms with van der Waals surface area (Å²) in [5.41, 5.74) is 0.340. The first kappa shape index (κ1) is 29.5. The predicted molar refractivity (Wildman–Crippen MR) is 137 cm³/mol. The van der Waals surface area contributed by atoms with Gasteiger partial charge in [-0.15, -0.1) is 0 Å². The summed E-state index contributed by atoms with van der Waals surface area (Å²) >= 11 is 0. The number of aliphatic hydroxyl groups excluding tert-OH is 1. The smallest absolute Gasteiger partial charge is 0.348 e. The molecule has 0 bridgehead atoms. The number of esters is 2. The van der Waals surface area contributed by atoms with Gasteiger partial charge in [-0.3, -0.25) is 19.4 Å². The topological polar surface area (TPSA) is 177 Å². The predicted octanol–water partition coefficient (Wildman–Crippen LogP) is 0.908. The highest BCUT2D eigenvalue weighted by atomic mass is 16.6. The Balaban J connectivity index is 2.00. The standard InChI is InChI=1S/C27H34N4O8/c1-5-14(2)23-27(37)38-16(4)20(31-25(35)21-19(32)9-7-11-29-21)24(34)30-18(12-17-8-6-10-28-13-17)22(33)15(3)26(36)39-23/h6-11,13-16,18,20,22-23,32-33H,5,12H2,1-4H3,(H,30,34)(H,31,35)/t14?,15-,16-,18+,20+,22+,23+/m1/s1. The maximum absolute atomic E-state index is 13.6. The maximum atomic E-state index is 13.6. The quantitative estimate of drug-likeness (QED) is 0.384. The van der Waals surface area contributed by atoms with Gasteiger partial charge < -0.3 is 30.3 Å². The van der Waals surface area contributed by atoms with Gasteiger partial charge in [0.1, 0.15) is 17.9 Å². The van der Waals surface area contributed by atoms with Crippen LogP contribution in [-0.4, -0.2) is 74.3 Å². The lowest BCUT2D eigenvalue weighted by Crippen LogP contribution is -2.59. The Bertz CT molecular complexity index is 1180. The minimum atomic E-state index is -1.45. The van der Waals surface area contributed by atoms with Gasteiger partial charge in [0.2, 0.25) is 12.0 Å². The number of aromatic hydroxyl groups is 1. The highest BCUT2D eigenvalue weighted by Gasteiger charge is 2.41. The van der Waals surface area contributed by atoms with Gasteiger partial charge in [0, 0.05) is 24.5 Å². The number of ether oxygens (including phenoxy) is 2. The molecule has 3 heterocycles. The SMILES string of the molecule is CCC(C)[C@@H]1OC(=O)[C@H](C)[C@H](O)[C@H](Cc2cccnc2)NC(=O)[C@@H](NC(=O)c2ncccc2O)[C@@H](C)OC1=O. The zero-order chi connectivity index (χ0) is 28.7. The molecular formula is C27H34N4O8. The molecule has 12 nitrogen and oxygen atoms in total. The van der Waals surface area contributed by atoms with Gasteiger partial charge in [0.15, 0.2) is 5.69 Å². The average Bonchev–Trinajstić information content (AvgIpc) is 2.92. The Morgan fingerprint density at radius 1 is 1.13 bits per heavy atom. The van der Waals surface area contributed by atoms with Crippen LogP contribution in [0.5, 0.6) is 5.75 Å². The molecule has 1 aliphatic rings. The fourth-order valence-corrected chi connectivity index (χ4v) is 4.13. The molecule has 2 amide bonds. The van der Waals surface area contributed by atoms with Crippen molar-refractivity contribution in [3.05, 3.63) is 54.1 Å². The minimum absolute atomic E-state index is 0.100. The van der Waals surface area contributed by atoms with Crippen LogP contribution in [-0.2, 0) is 30.3 Å². The van der Waals surface area contributed by atoms with E-state index >= 15 is 0 Å². The van der Waals surface area contributed by atoms with Crippen LogP contribution in [0.4, 0.5) is 0 Å². The van der Waals surface area contributed by atoms with Crippen molar-refractivity contribution in [1.29, 1.82) is 0 Å². The highest BCUT2D eigenvalue weighted by molar-refractivity contribution is 5.98. The molecule has 7 atom stereocenters. The van der Waals surface area contributed by atoms with E-state index < -0.39 is 71.7 Å². The summed E-state index contributed by atoms with van der Waals surface area (Å²) in [5.74, 6) is -5.35. The number of aromatic nitrogens is 2. The Morgan fingerprint density at radius 3 is 2.49 bits per heavy atom. The van der Waals surface area contributed by atoms with Crippen LogP contribution in [0.25, 0.3) is 0 Å². The molecule has 3 rings (SSSR count). The molecule has 0 saturated carbocycles. The molecule has 1 fully saturated rings. The van der Waals surface area contributed by atoms with Crippen LogP contribution in [0.15, 0.2) is 42.9 Å². The molecule has 1 unspecified atom stereocenters. The largest absolute Gasteiger partial charge is 0.505 e. The zero-order valence-electron chi connectivity index (χ0n) is 22.2. The number of carbonyl (C=O) groups excluding carboxylic acids is 4. The van der Waals surface area contributed by atoms with Crippen molar-refractivity contribution in [2.75, 3.05) is 0 Å². The third kappa shape index (κ3) is 7.29. The highest BCUT2D eigenvalue weighted by Crippen LogP contribution is 2.22. The first-order valence-corrected chi connectivity index (χ1v) is 12.8. The third-order valence-corrected chi connectivity index (χ3v) is 6.78. The first-order chi connectivity index (χ1) is 18.5. The van der Waals surface area contributed by atoms with Crippen molar-refractivity contribution in [2.24, 2.45) is 11.8 Å². The summed E-state index contributed by atoms with van der Waals surface area (Å²) in [6.07, 6.45) is 1.06. The van der Waals surface area contributed by atoms with Crippen LogP contribution in [0.2, 0.25) is 0 Å². The van der Waals surface area contributed by atoms with Crippen LogP contribution in [0.1, 0.15) is 50.2 Å². The van der Waals surface area contributed by atoms with Gasteiger partial charge in [-0.05, 0) is 50.5 Å². The first-order valence-electron chi connectivity index (χ1n) is 12.8. The second kappa shape index (κ2) is 13.1. The average molecular weight is 543 g/mol. The number of cyclic esters (lactones) is 2. The molecule has 0 spiro atoms. The second-order valence-corrected chi connectivity index (χ2v) is 9.67. The second-order valence-electron chi connectivity index (χ2n) is 9.67. The molecule has 2 aromatic rings. The fourth-order valence-electron chi connectivity index (χ4n) is 4.13. The van der Waals surface area contributed by atoms with Gasteiger partial charge in [-0.2, -0.15) is 0 Å². The third-order valence-electron chi connectivity index (χ3n) is 6.78. The zero-order valence-corrected chi connectivity index (χ0v) is 22.2. The number of nitrogens with one attached hydrogen (secondary N) is 2. The molecule has 1 aliphatic heterocycles. The van der Waals surface area contributed by atoms with Crippen molar-refractivity contribution >= 4 is 23.8 Å². The van der Waals surface area contributed by atoms with Crippen LogP contribution < -0.4 is 10.6 Å². The number of aliphatic hydroxyl groups is 1. The fraction of sp³-hybridized carbons (Fsp3) is 0.481. The van der Waals surface area contributed by atoms with Crippen molar-refractivity contribution in [1.82, 2.24) is 20.6 Å². The number of hydrogen-bond donors (Lipinski definition) is 4. The molecule has 4 N–H and O–H groups in total. The lowest BCUT2D eigenvalue weighted by Gasteiger charge is -2.33. The van der Waals surface area contributed by atoms with E-state index in [1.54, 1.807) is 31.5 Å². The summed E-state index contributed by atoms with van der Waals surface area (Å²) in [6.45, 7) is 6.35. The van der Waals surface area contributed by atoms with Crippen molar-refractivity contribution in [2.45, 2.75) is 70.9 Å². The van der Waals surface area contributed by atoms with Crippen LogP contribution in [0.3, 0.4) is 0 Å². The molecular weight excluding hydrogens is 508 g/mol. The van der Waals surface area contributed by atoms with E-state index in [0.29, 0.717) is 12.0 Å². The van der Waals surface area contributed by atoms with Crippen molar-refractivity contribution in [3.8, 4) is 5.75 Å². The van der Waals surface area contributed by atoms with Crippen molar-refractivity contribution < 1.29 is 38.9 Å². The van der Waals surface area contributed by atoms with Gasteiger partial charge in [-0.25, -0.2) is 9.78 Å². The molecule has 2 aromatic heterocycles. The van der Waals surface area contributed by atoms with E-state index in [0.717, 1.165) is 0 Å². The summed E-state index contributed by atoms with van der Waals surface area (Å²) < 4.78 is 11.0. The van der Waals surface area contributed by atoms with Gasteiger partial charge in [-0.1, -0.05) is 19.9 Å². The Labute approximate surface area is 226 Å². The molecule has 0 radical (unpaired) electrons. The number of carbonyl (C=O) groups is 4. The monoisotopic (exact) mass is 542 g/mol. The molecule has 39 heavy (non-hydrogen) atoms. The molecule has 0 aromatic carbocycles. The number of hydrogen-bond acceptors (Lipinski definition) is 10. The number of amides is 2. The summed E-state index contributed by atoms with van der Waals surface area (Å²) in [4.78, 5) is 60.5. The van der Waals surface area contributed by atoms with Crippen molar-refractivity contribution in [3.63, 3.8) is 0 Å². The van der Waals surface area contributed by atoms with Gasteiger partial charge >= 0.3 is 11.9 Å². The number of nitrogens with zero attached hydrogens (tertiary/aromatic N) is 2. The summed E-state index contributed by atoms with van der Waals surface area (Å²) in [6, 6.07) is 3.68. The van der Waals surface area contributed by atoms with E-state index in [1.165, 1.54) is 32.2 Å². The lowest BCUT2D eigenvalue weighted by molar-refractivity contribution is -0.180. The summed E-state index contributed by atoms with van der Waals surface area (Å²) in [7, 11) is 0. The van der Waals surface area contributed by atoms with E-state index in [4.69, 9.17) is 9.47 Å². The Kier molecular flexibility index (Phi) is 9.94. The van der Waals surface area contributed by atoms with E-state index in [-0.39, 0.29) is 12.1 Å².